The molecule has 1 amide bonds. The number of rotatable bonds is 5. The van der Waals surface area contributed by atoms with E-state index in [1.54, 1.807) is 12.2 Å². The van der Waals surface area contributed by atoms with E-state index in [1.165, 1.54) is 0 Å². The third kappa shape index (κ3) is 3.43. The second kappa shape index (κ2) is 5.81. The Bertz CT molecular complexity index is 369. The van der Waals surface area contributed by atoms with E-state index >= 15 is 0 Å². The van der Waals surface area contributed by atoms with Crippen molar-refractivity contribution in [2.75, 3.05) is 5.32 Å². The molecule has 2 heteroatoms. The summed E-state index contributed by atoms with van der Waals surface area (Å²) in [6.45, 7) is 7.27. The number of anilines is 1. The van der Waals surface area contributed by atoms with Gasteiger partial charge in [-0.15, -0.1) is 6.58 Å². The number of hydrogen-bond donors (Lipinski definition) is 1. The zero-order chi connectivity index (χ0) is 11.1. The van der Waals surface area contributed by atoms with Crippen LogP contribution in [0.3, 0.4) is 0 Å². The molecule has 0 bridgehead atoms. The van der Waals surface area contributed by atoms with Crippen LogP contribution in [0, 0.1) is 0 Å². The van der Waals surface area contributed by atoms with Crippen molar-refractivity contribution < 1.29 is 4.79 Å². The van der Waals surface area contributed by atoms with Crippen molar-refractivity contribution in [2.45, 2.75) is 12.8 Å². The van der Waals surface area contributed by atoms with Gasteiger partial charge in [-0.1, -0.05) is 36.9 Å². The van der Waals surface area contributed by atoms with E-state index in [-0.39, 0.29) is 5.91 Å². The summed E-state index contributed by atoms with van der Waals surface area (Å²) in [6.07, 6.45) is 4.62. The Kier molecular flexibility index (Phi) is 4.35. The molecule has 0 aliphatic heterocycles. The molecular formula is C13H15NO. The van der Waals surface area contributed by atoms with E-state index in [0.29, 0.717) is 12.8 Å². The molecule has 1 N–H and O–H groups in total. The predicted octanol–water partition coefficient (Wildman–Crippen LogP) is 3.23. The van der Waals surface area contributed by atoms with Gasteiger partial charge in [-0.2, -0.15) is 0 Å². The molecular weight excluding hydrogens is 186 g/mol. The van der Waals surface area contributed by atoms with E-state index in [2.05, 4.69) is 18.5 Å². The van der Waals surface area contributed by atoms with Crippen molar-refractivity contribution in [1.82, 2.24) is 0 Å². The van der Waals surface area contributed by atoms with E-state index in [9.17, 15) is 4.79 Å². The summed E-state index contributed by atoms with van der Waals surface area (Å²) in [6, 6.07) is 7.57. The standard InChI is InChI=1S/C13H15NO/c1-3-5-10-13(15)14-12-9-7-6-8-11(12)4-2/h3-4,6-9H,1-2,5,10H2,(H,14,15). The minimum absolute atomic E-state index is 0.00389. The van der Waals surface area contributed by atoms with Crippen molar-refractivity contribution >= 4 is 17.7 Å². The molecule has 78 valence electrons. The summed E-state index contributed by atoms with van der Waals surface area (Å²) in [5.74, 6) is 0.00389. The lowest BCUT2D eigenvalue weighted by Crippen LogP contribution is -2.11. The van der Waals surface area contributed by atoms with E-state index in [1.807, 2.05) is 24.3 Å². The van der Waals surface area contributed by atoms with Crippen LogP contribution in [0.2, 0.25) is 0 Å². The number of carbonyl (C=O) groups is 1. The lowest BCUT2D eigenvalue weighted by atomic mass is 10.1. The number of para-hydroxylation sites is 1. The van der Waals surface area contributed by atoms with Gasteiger partial charge < -0.3 is 5.32 Å². The molecule has 1 rings (SSSR count). The Morgan fingerprint density at radius 2 is 2.07 bits per heavy atom. The van der Waals surface area contributed by atoms with Gasteiger partial charge in [0, 0.05) is 12.1 Å². The zero-order valence-electron chi connectivity index (χ0n) is 8.70. The van der Waals surface area contributed by atoms with Crippen molar-refractivity contribution in [2.24, 2.45) is 0 Å². The number of nitrogens with one attached hydrogen (secondary N) is 1. The number of amides is 1. The topological polar surface area (TPSA) is 29.1 Å². The largest absolute Gasteiger partial charge is 0.326 e. The first-order valence-electron chi connectivity index (χ1n) is 4.90. The third-order valence-corrected chi connectivity index (χ3v) is 2.03. The van der Waals surface area contributed by atoms with E-state index in [0.717, 1.165) is 11.3 Å². The molecule has 0 spiro atoms. The van der Waals surface area contributed by atoms with Crippen LogP contribution in [-0.2, 0) is 4.79 Å². The van der Waals surface area contributed by atoms with Crippen LogP contribution in [-0.4, -0.2) is 5.91 Å². The van der Waals surface area contributed by atoms with Gasteiger partial charge in [0.1, 0.15) is 0 Å². The highest BCUT2D eigenvalue weighted by molar-refractivity contribution is 5.92. The molecule has 2 nitrogen and oxygen atoms in total. The minimum Gasteiger partial charge on any atom is -0.326 e. The smallest absolute Gasteiger partial charge is 0.224 e. The number of benzene rings is 1. The molecule has 0 atom stereocenters. The highest BCUT2D eigenvalue weighted by Crippen LogP contribution is 2.16. The average Bonchev–Trinajstić information content (AvgIpc) is 2.27. The van der Waals surface area contributed by atoms with Crippen LogP contribution in [0.25, 0.3) is 6.08 Å². The first-order valence-corrected chi connectivity index (χ1v) is 4.90. The molecule has 0 saturated carbocycles. The van der Waals surface area contributed by atoms with Crippen molar-refractivity contribution in [1.29, 1.82) is 0 Å². The van der Waals surface area contributed by atoms with Crippen LogP contribution in [0.4, 0.5) is 5.69 Å². The van der Waals surface area contributed by atoms with Gasteiger partial charge in [0.2, 0.25) is 5.91 Å². The Labute approximate surface area is 90.3 Å². The van der Waals surface area contributed by atoms with Gasteiger partial charge in [-0.05, 0) is 18.1 Å². The SMILES string of the molecule is C=CCCC(=O)Nc1ccccc1C=C. The Balaban J connectivity index is 2.67. The van der Waals surface area contributed by atoms with Crippen LogP contribution < -0.4 is 5.32 Å². The summed E-state index contributed by atoms with van der Waals surface area (Å²) in [5.41, 5.74) is 1.74. The molecule has 0 fully saturated rings. The number of hydrogen-bond acceptors (Lipinski definition) is 1. The fraction of sp³-hybridized carbons (Fsp3) is 0.154. The molecule has 0 aromatic heterocycles. The fourth-order valence-electron chi connectivity index (χ4n) is 1.23. The van der Waals surface area contributed by atoms with Crippen molar-refractivity contribution in [3.8, 4) is 0 Å². The lowest BCUT2D eigenvalue weighted by Gasteiger charge is -2.07. The van der Waals surface area contributed by atoms with Crippen molar-refractivity contribution in [3.05, 3.63) is 49.1 Å². The maximum atomic E-state index is 11.4. The van der Waals surface area contributed by atoms with Gasteiger partial charge in [-0.3, -0.25) is 4.79 Å². The van der Waals surface area contributed by atoms with Crippen LogP contribution in [0.1, 0.15) is 18.4 Å². The Morgan fingerprint density at radius 3 is 2.73 bits per heavy atom. The summed E-state index contributed by atoms with van der Waals surface area (Å²) >= 11 is 0. The maximum absolute atomic E-state index is 11.4. The van der Waals surface area contributed by atoms with E-state index < -0.39 is 0 Å². The average molecular weight is 201 g/mol. The summed E-state index contributed by atoms with van der Waals surface area (Å²) in [4.78, 5) is 11.4. The lowest BCUT2D eigenvalue weighted by molar-refractivity contribution is -0.116. The molecule has 1 aromatic rings. The monoisotopic (exact) mass is 201 g/mol. The molecule has 0 aliphatic rings. The second-order valence-electron chi connectivity index (χ2n) is 3.17. The first kappa shape index (κ1) is 11.2. The van der Waals surface area contributed by atoms with E-state index in [4.69, 9.17) is 0 Å². The van der Waals surface area contributed by atoms with Crippen molar-refractivity contribution in [3.63, 3.8) is 0 Å². The maximum Gasteiger partial charge on any atom is 0.224 e. The number of carbonyl (C=O) groups excluding carboxylic acids is 1. The van der Waals surface area contributed by atoms with Gasteiger partial charge in [0.15, 0.2) is 0 Å². The predicted molar refractivity (Wildman–Crippen MR) is 64.6 cm³/mol. The minimum atomic E-state index is 0.00389. The second-order valence-corrected chi connectivity index (χ2v) is 3.17. The zero-order valence-corrected chi connectivity index (χ0v) is 8.70. The molecule has 0 unspecified atom stereocenters. The van der Waals surface area contributed by atoms with Crippen LogP contribution in [0.5, 0.6) is 0 Å². The molecule has 0 radical (unpaired) electrons. The molecule has 0 saturated heterocycles. The summed E-state index contributed by atoms with van der Waals surface area (Å²) in [5, 5.41) is 2.84. The van der Waals surface area contributed by atoms with Crippen LogP contribution in [0.15, 0.2) is 43.5 Å². The highest BCUT2D eigenvalue weighted by atomic mass is 16.1. The fourth-order valence-corrected chi connectivity index (χ4v) is 1.23. The number of allylic oxidation sites excluding steroid dienone is 1. The molecule has 1 aromatic carbocycles. The van der Waals surface area contributed by atoms with Gasteiger partial charge >= 0.3 is 0 Å². The van der Waals surface area contributed by atoms with Gasteiger partial charge in [-0.25, -0.2) is 0 Å². The summed E-state index contributed by atoms with van der Waals surface area (Å²) < 4.78 is 0. The Morgan fingerprint density at radius 1 is 1.33 bits per heavy atom. The molecule has 0 aliphatic carbocycles. The quantitative estimate of drug-likeness (QED) is 0.728. The van der Waals surface area contributed by atoms with Crippen LogP contribution >= 0.6 is 0 Å². The molecule has 15 heavy (non-hydrogen) atoms. The first-order chi connectivity index (χ1) is 7.27. The summed E-state index contributed by atoms with van der Waals surface area (Å²) in [7, 11) is 0. The normalized spacial score (nSPS) is 9.33. The van der Waals surface area contributed by atoms with Gasteiger partial charge in [0.25, 0.3) is 0 Å². The highest BCUT2D eigenvalue weighted by Gasteiger charge is 2.02. The van der Waals surface area contributed by atoms with Gasteiger partial charge in [0.05, 0.1) is 0 Å². The molecule has 0 heterocycles. The Hall–Kier alpha value is -1.83. The third-order valence-electron chi connectivity index (χ3n) is 2.03.